The van der Waals surface area contributed by atoms with Crippen molar-refractivity contribution in [2.24, 2.45) is 0 Å². The van der Waals surface area contributed by atoms with Gasteiger partial charge in [-0.05, 0) is 72.8 Å². The van der Waals surface area contributed by atoms with Crippen molar-refractivity contribution < 1.29 is 0 Å². The summed E-state index contributed by atoms with van der Waals surface area (Å²) in [5, 5.41) is 0. The van der Waals surface area contributed by atoms with Gasteiger partial charge in [-0.2, -0.15) is 0 Å². The minimum Gasteiger partial charge on any atom is -0.371 e. The molecule has 1 saturated heterocycles. The first-order valence-electron chi connectivity index (χ1n) is 4.58. The Morgan fingerprint density at radius 2 is 1.43 bits per heavy atom. The third kappa shape index (κ3) is 2.17. The minimum atomic E-state index is 1.09. The first-order valence-corrected chi connectivity index (χ1v) is 6.96. The van der Waals surface area contributed by atoms with E-state index < -0.39 is 0 Å². The van der Waals surface area contributed by atoms with Crippen LogP contribution in [0.15, 0.2) is 25.6 Å². The standard InChI is InChI=1S/C10H10Br3N/c11-7-5-9(13)10(6-8(7)12)14-3-1-2-4-14/h5-6H,1-4H2. The highest BCUT2D eigenvalue weighted by atomic mass is 79.9. The van der Waals surface area contributed by atoms with Crippen molar-refractivity contribution in [3.05, 3.63) is 25.6 Å². The quantitative estimate of drug-likeness (QED) is 0.642. The topological polar surface area (TPSA) is 3.24 Å². The first-order chi connectivity index (χ1) is 6.68. The van der Waals surface area contributed by atoms with Gasteiger partial charge in [0.15, 0.2) is 0 Å². The molecule has 0 saturated carbocycles. The van der Waals surface area contributed by atoms with Crippen molar-refractivity contribution in [2.75, 3.05) is 18.0 Å². The maximum Gasteiger partial charge on any atom is 0.0522 e. The molecule has 76 valence electrons. The van der Waals surface area contributed by atoms with Gasteiger partial charge in [-0.15, -0.1) is 0 Å². The van der Waals surface area contributed by atoms with Crippen LogP contribution in [-0.4, -0.2) is 13.1 Å². The number of anilines is 1. The molecule has 1 aromatic rings. The first kappa shape index (κ1) is 11.0. The third-order valence-corrected chi connectivity index (χ3v) is 4.92. The van der Waals surface area contributed by atoms with Crippen LogP contribution < -0.4 is 4.90 Å². The zero-order valence-electron chi connectivity index (χ0n) is 7.56. The van der Waals surface area contributed by atoms with Gasteiger partial charge in [0.25, 0.3) is 0 Å². The Labute approximate surface area is 109 Å². The minimum absolute atomic E-state index is 1.09. The zero-order chi connectivity index (χ0) is 10.1. The average Bonchev–Trinajstić information content (AvgIpc) is 2.64. The highest BCUT2D eigenvalue weighted by molar-refractivity contribution is 9.13. The molecule has 0 aliphatic carbocycles. The fourth-order valence-corrected chi connectivity index (χ4v) is 3.29. The normalized spacial score (nSPS) is 16.4. The predicted octanol–water partition coefficient (Wildman–Crippen LogP) is 4.57. The highest BCUT2D eigenvalue weighted by Gasteiger charge is 2.16. The van der Waals surface area contributed by atoms with E-state index in [1.165, 1.54) is 31.6 Å². The summed E-state index contributed by atoms with van der Waals surface area (Å²) in [6, 6.07) is 4.26. The lowest BCUT2D eigenvalue weighted by molar-refractivity contribution is 0.949. The van der Waals surface area contributed by atoms with Crippen LogP contribution in [0, 0.1) is 0 Å². The summed E-state index contributed by atoms with van der Waals surface area (Å²) in [4.78, 5) is 2.42. The Morgan fingerprint density at radius 1 is 0.857 bits per heavy atom. The molecule has 0 amide bonds. The lowest BCUT2D eigenvalue weighted by Crippen LogP contribution is -2.18. The summed E-state index contributed by atoms with van der Waals surface area (Å²) in [6.45, 7) is 2.35. The van der Waals surface area contributed by atoms with Crippen LogP contribution in [0.3, 0.4) is 0 Å². The second-order valence-corrected chi connectivity index (χ2v) is 5.97. The summed E-state index contributed by atoms with van der Waals surface area (Å²) in [7, 11) is 0. The summed E-state index contributed by atoms with van der Waals surface area (Å²) >= 11 is 10.6. The molecule has 0 radical (unpaired) electrons. The molecule has 0 unspecified atom stereocenters. The molecule has 0 atom stereocenters. The predicted molar refractivity (Wildman–Crippen MR) is 71.0 cm³/mol. The van der Waals surface area contributed by atoms with Crippen LogP contribution in [0.25, 0.3) is 0 Å². The van der Waals surface area contributed by atoms with E-state index in [0.29, 0.717) is 0 Å². The van der Waals surface area contributed by atoms with Gasteiger partial charge in [0.2, 0.25) is 0 Å². The summed E-state index contributed by atoms with van der Waals surface area (Å²) < 4.78 is 3.37. The van der Waals surface area contributed by atoms with Gasteiger partial charge in [0.05, 0.1) is 5.69 Å². The van der Waals surface area contributed by atoms with Crippen molar-refractivity contribution in [1.82, 2.24) is 0 Å². The molecule has 0 N–H and O–H groups in total. The Balaban J connectivity index is 2.37. The fourth-order valence-electron chi connectivity index (χ4n) is 1.71. The van der Waals surface area contributed by atoms with E-state index in [4.69, 9.17) is 0 Å². The maximum absolute atomic E-state index is 3.60. The number of benzene rings is 1. The molecular weight excluding hydrogens is 374 g/mol. The van der Waals surface area contributed by atoms with Crippen LogP contribution in [0.5, 0.6) is 0 Å². The van der Waals surface area contributed by atoms with Gasteiger partial charge in [-0.3, -0.25) is 0 Å². The van der Waals surface area contributed by atoms with Gasteiger partial charge < -0.3 is 4.90 Å². The Bertz CT molecular complexity index is 345. The van der Waals surface area contributed by atoms with Gasteiger partial charge in [0, 0.05) is 26.5 Å². The SMILES string of the molecule is Brc1cc(Br)c(N2CCCC2)cc1Br. The van der Waals surface area contributed by atoms with Crippen LogP contribution >= 0.6 is 47.8 Å². The molecular formula is C10H10Br3N. The van der Waals surface area contributed by atoms with Crippen molar-refractivity contribution in [3.8, 4) is 0 Å². The van der Waals surface area contributed by atoms with E-state index in [1.807, 2.05) is 0 Å². The summed E-state index contributed by atoms with van der Waals surface area (Å²) in [6.07, 6.45) is 2.61. The molecule has 0 aromatic heterocycles. The van der Waals surface area contributed by atoms with E-state index in [0.717, 1.165) is 13.4 Å². The second-order valence-electron chi connectivity index (χ2n) is 3.41. The number of hydrogen-bond acceptors (Lipinski definition) is 1. The number of nitrogens with zero attached hydrogens (tertiary/aromatic N) is 1. The average molecular weight is 384 g/mol. The Hall–Kier alpha value is 0.460. The molecule has 2 rings (SSSR count). The molecule has 1 aromatic carbocycles. The third-order valence-electron chi connectivity index (χ3n) is 2.44. The molecule has 1 fully saturated rings. The lowest BCUT2D eigenvalue weighted by atomic mass is 10.3. The fraction of sp³-hybridized carbons (Fsp3) is 0.400. The zero-order valence-corrected chi connectivity index (χ0v) is 12.3. The molecule has 4 heteroatoms. The number of hydrogen-bond donors (Lipinski definition) is 0. The second kappa shape index (κ2) is 4.54. The highest BCUT2D eigenvalue weighted by Crippen LogP contribution is 2.36. The summed E-state index contributed by atoms with van der Waals surface area (Å²) in [5.74, 6) is 0. The van der Waals surface area contributed by atoms with Crippen molar-refractivity contribution in [2.45, 2.75) is 12.8 Å². The monoisotopic (exact) mass is 381 g/mol. The van der Waals surface area contributed by atoms with Gasteiger partial charge in [-0.25, -0.2) is 0 Å². The van der Waals surface area contributed by atoms with E-state index >= 15 is 0 Å². The molecule has 14 heavy (non-hydrogen) atoms. The summed E-state index contributed by atoms with van der Waals surface area (Å²) in [5.41, 5.74) is 1.29. The molecule has 0 bridgehead atoms. The molecule has 1 nitrogen and oxygen atoms in total. The van der Waals surface area contributed by atoms with Crippen molar-refractivity contribution >= 4 is 53.5 Å². The van der Waals surface area contributed by atoms with Gasteiger partial charge in [-0.1, -0.05) is 0 Å². The van der Waals surface area contributed by atoms with E-state index in [9.17, 15) is 0 Å². The Morgan fingerprint density at radius 3 is 2.07 bits per heavy atom. The largest absolute Gasteiger partial charge is 0.371 e. The molecule has 0 spiro atoms. The van der Waals surface area contributed by atoms with E-state index in [1.54, 1.807) is 0 Å². The van der Waals surface area contributed by atoms with Crippen LogP contribution in [-0.2, 0) is 0 Å². The van der Waals surface area contributed by atoms with Crippen molar-refractivity contribution in [1.29, 1.82) is 0 Å². The van der Waals surface area contributed by atoms with E-state index in [2.05, 4.69) is 64.8 Å². The van der Waals surface area contributed by atoms with Crippen LogP contribution in [0.1, 0.15) is 12.8 Å². The van der Waals surface area contributed by atoms with Crippen molar-refractivity contribution in [3.63, 3.8) is 0 Å². The number of halogens is 3. The van der Waals surface area contributed by atoms with Crippen LogP contribution in [0.2, 0.25) is 0 Å². The van der Waals surface area contributed by atoms with Crippen LogP contribution in [0.4, 0.5) is 5.69 Å². The maximum atomic E-state index is 3.60. The van der Waals surface area contributed by atoms with Gasteiger partial charge in [0.1, 0.15) is 0 Å². The molecule has 1 aliphatic rings. The molecule has 1 heterocycles. The molecule has 1 aliphatic heterocycles. The smallest absolute Gasteiger partial charge is 0.0522 e. The van der Waals surface area contributed by atoms with Gasteiger partial charge >= 0.3 is 0 Å². The Kier molecular flexibility index (Phi) is 3.55. The van der Waals surface area contributed by atoms with E-state index in [-0.39, 0.29) is 0 Å². The lowest BCUT2D eigenvalue weighted by Gasteiger charge is -2.19. The number of rotatable bonds is 1.